The molecule has 2 atom stereocenters. The molecule has 1 aliphatic rings. The van der Waals surface area contributed by atoms with E-state index >= 15 is 0 Å². The van der Waals surface area contributed by atoms with Crippen molar-refractivity contribution in [2.45, 2.75) is 38.8 Å². The van der Waals surface area contributed by atoms with E-state index in [1.807, 2.05) is 11.8 Å². The topological polar surface area (TPSA) is 91.2 Å². The number of aromatic nitrogens is 3. The molecule has 1 aliphatic heterocycles. The van der Waals surface area contributed by atoms with Crippen LogP contribution in [0.15, 0.2) is 36.0 Å². The van der Waals surface area contributed by atoms with Gasteiger partial charge in [-0.15, -0.1) is 11.3 Å². The fraction of sp³-hybridized carbons (Fsp3) is 0.364. The van der Waals surface area contributed by atoms with Crippen molar-refractivity contribution in [1.29, 1.82) is 0 Å². The van der Waals surface area contributed by atoms with Crippen LogP contribution in [0.2, 0.25) is 5.15 Å². The van der Waals surface area contributed by atoms with Crippen LogP contribution in [-0.2, 0) is 17.8 Å². The van der Waals surface area contributed by atoms with Gasteiger partial charge in [-0.2, -0.15) is 0 Å². The first-order chi connectivity index (χ1) is 15.8. The van der Waals surface area contributed by atoms with Crippen molar-refractivity contribution in [3.63, 3.8) is 0 Å². The SMILES string of the molecule is CC1CC(Cc2nc(Nc3nccs3)ccc2F)(C(=O)O)CCN1Cc1ccnc(Cl)c1F. The molecule has 1 saturated heterocycles. The second kappa shape index (κ2) is 9.66. The number of carbonyl (C=O) groups is 1. The van der Waals surface area contributed by atoms with E-state index in [4.69, 9.17) is 11.6 Å². The highest BCUT2D eigenvalue weighted by Gasteiger charge is 2.45. The van der Waals surface area contributed by atoms with Crippen molar-refractivity contribution >= 4 is 39.9 Å². The van der Waals surface area contributed by atoms with E-state index in [-0.39, 0.29) is 42.7 Å². The highest BCUT2D eigenvalue weighted by Crippen LogP contribution is 2.39. The molecule has 4 rings (SSSR count). The van der Waals surface area contributed by atoms with Gasteiger partial charge in [-0.3, -0.25) is 9.69 Å². The Bertz CT molecular complexity index is 1150. The molecular formula is C22H22ClF2N5O2S. The number of carboxylic acids is 1. The summed E-state index contributed by atoms with van der Waals surface area (Å²) in [6.07, 6.45) is 3.58. The lowest BCUT2D eigenvalue weighted by Crippen LogP contribution is -2.50. The maximum absolute atomic E-state index is 14.6. The number of halogens is 3. The van der Waals surface area contributed by atoms with Crippen LogP contribution in [0, 0.1) is 17.0 Å². The average molecular weight is 494 g/mol. The lowest BCUT2D eigenvalue weighted by molar-refractivity contribution is -0.153. The Labute approximate surface area is 198 Å². The van der Waals surface area contributed by atoms with Crippen molar-refractivity contribution in [3.8, 4) is 0 Å². The molecule has 3 aromatic rings. The first-order valence-corrected chi connectivity index (χ1v) is 11.6. The summed E-state index contributed by atoms with van der Waals surface area (Å²) < 4.78 is 28.9. The summed E-state index contributed by atoms with van der Waals surface area (Å²) >= 11 is 7.16. The van der Waals surface area contributed by atoms with Gasteiger partial charge in [-0.25, -0.2) is 23.7 Å². The minimum Gasteiger partial charge on any atom is -0.481 e. The van der Waals surface area contributed by atoms with Crippen molar-refractivity contribution in [3.05, 3.63) is 64.0 Å². The van der Waals surface area contributed by atoms with Crippen LogP contribution in [0.5, 0.6) is 0 Å². The summed E-state index contributed by atoms with van der Waals surface area (Å²) in [4.78, 5) is 26.5. The van der Waals surface area contributed by atoms with Gasteiger partial charge in [0.2, 0.25) is 0 Å². The number of hydrogen-bond donors (Lipinski definition) is 2. The summed E-state index contributed by atoms with van der Waals surface area (Å²) in [7, 11) is 0. The highest BCUT2D eigenvalue weighted by atomic mass is 35.5. The first-order valence-electron chi connectivity index (χ1n) is 10.4. The molecule has 0 saturated carbocycles. The third kappa shape index (κ3) is 5.13. The maximum Gasteiger partial charge on any atom is 0.310 e. The molecule has 2 unspecified atom stereocenters. The van der Waals surface area contributed by atoms with E-state index in [0.29, 0.717) is 23.1 Å². The molecule has 4 heterocycles. The van der Waals surface area contributed by atoms with Crippen LogP contribution in [-0.4, -0.2) is 43.5 Å². The molecule has 0 amide bonds. The summed E-state index contributed by atoms with van der Waals surface area (Å²) in [5.74, 6) is -1.72. The summed E-state index contributed by atoms with van der Waals surface area (Å²) in [5.41, 5.74) is -0.692. The van der Waals surface area contributed by atoms with Crippen LogP contribution in [0.25, 0.3) is 0 Å². The fourth-order valence-electron chi connectivity index (χ4n) is 4.23. The zero-order valence-electron chi connectivity index (χ0n) is 17.8. The van der Waals surface area contributed by atoms with Gasteiger partial charge in [0, 0.05) is 42.3 Å². The Hall–Kier alpha value is -2.69. The number of pyridine rings is 2. The molecule has 3 aromatic heterocycles. The molecule has 0 radical (unpaired) electrons. The van der Waals surface area contributed by atoms with E-state index in [9.17, 15) is 18.7 Å². The minimum atomic E-state index is -1.18. The van der Waals surface area contributed by atoms with Crippen molar-refractivity contribution in [2.75, 3.05) is 11.9 Å². The number of carboxylic acid groups (broad SMARTS) is 1. The van der Waals surface area contributed by atoms with Gasteiger partial charge in [-0.1, -0.05) is 11.6 Å². The zero-order valence-corrected chi connectivity index (χ0v) is 19.3. The monoisotopic (exact) mass is 493 g/mol. The molecule has 2 N–H and O–H groups in total. The second-order valence-corrected chi connectivity index (χ2v) is 9.45. The highest BCUT2D eigenvalue weighted by molar-refractivity contribution is 7.13. The number of rotatable bonds is 7. The summed E-state index contributed by atoms with van der Waals surface area (Å²) in [6, 6.07) is 4.16. The molecule has 33 heavy (non-hydrogen) atoms. The van der Waals surface area contributed by atoms with Gasteiger partial charge in [0.15, 0.2) is 16.1 Å². The third-order valence-electron chi connectivity index (χ3n) is 6.03. The number of aliphatic carboxylic acids is 1. The largest absolute Gasteiger partial charge is 0.481 e. The van der Waals surface area contributed by atoms with Crippen LogP contribution in [0.1, 0.15) is 31.0 Å². The Morgan fingerprint density at radius 1 is 1.33 bits per heavy atom. The molecule has 1 fully saturated rings. The molecule has 7 nitrogen and oxygen atoms in total. The Morgan fingerprint density at radius 3 is 2.85 bits per heavy atom. The summed E-state index contributed by atoms with van der Waals surface area (Å²) in [6.45, 7) is 2.58. The average Bonchev–Trinajstić information content (AvgIpc) is 3.28. The fourth-order valence-corrected chi connectivity index (χ4v) is 4.94. The smallest absolute Gasteiger partial charge is 0.310 e. The number of thiazole rings is 1. The van der Waals surface area contributed by atoms with Gasteiger partial charge in [0.1, 0.15) is 11.6 Å². The van der Waals surface area contributed by atoms with Gasteiger partial charge < -0.3 is 10.4 Å². The Kier molecular flexibility index (Phi) is 6.87. The van der Waals surface area contributed by atoms with E-state index < -0.39 is 23.0 Å². The molecule has 0 bridgehead atoms. The predicted molar refractivity (Wildman–Crippen MR) is 122 cm³/mol. The number of nitrogens with one attached hydrogen (secondary N) is 1. The van der Waals surface area contributed by atoms with Crippen molar-refractivity contribution in [2.24, 2.45) is 5.41 Å². The number of likely N-dealkylation sites (tertiary alicyclic amines) is 1. The quantitative estimate of drug-likeness (QED) is 0.452. The van der Waals surface area contributed by atoms with Gasteiger partial charge in [-0.05, 0) is 44.5 Å². The Balaban J connectivity index is 1.52. The lowest BCUT2D eigenvalue weighted by Gasteiger charge is -2.43. The maximum atomic E-state index is 14.6. The molecular weight excluding hydrogens is 472 g/mol. The lowest BCUT2D eigenvalue weighted by atomic mass is 9.72. The molecule has 174 valence electrons. The van der Waals surface area contributed by atoms with Gasteiger partial charge >= 0.3 is 5.97 Å². The van der Waals surface area contributed by atoms with Crippen LogP contribution >= 0.6 is 22.9 Å². The van der Waals surface area contributed by atoms with Crippen LogP contribution in [0.4, 0.5) is 19.7 Å². The van der Waals surface area contributed by atoms with E-state index in [1.165, 1.54) is 29.7 Å². The standard InChI is InChI=1S/C22H22ClF2N5O2S/c1-13-10-22(20(31)32,5-8-30(13)12-14-4-6-26-19(23)18(14)25)11-16-15(24)2-3-17(28-16)29-21-27-7-9-33-21/h2-4,6-7,9,13H,5,8,10-12H2,1H3,(H,31,32)(H,27,28,29). The Morgan fingerprint density at radius 2 is 2.15 bits per heavy atom. The second-order valence-electron chi connectivity index (χ2n) is 8.20. The van der Waals surface area contributed by atoms with Crippen LogP contribution < -0.4 is 5.32 Å². The van der Waals surface area contributed by atoms with E-state index in [1.54, 1.807) is 17.6 Å². The molecule has 0 aliphatic carbocycles. The molecule has 0 aromatic carbocycles. The number of hydrogen-bond acceptors (Lipinski definition) is 7. The normalized spacial score (nSPS) is 21.2. The van der Waals surface area contributed by atoms with E-state index in [0.717, 1.165) is 0 Å². The number of piperidine rings is 1. The number of anilines is 2. The van der Waals surface area contributed by atoms with Crippen molar-refractivity contribution in [1.82, 2.24) is 19.9 Å². The van der Waals surface area contributed by atoms with E-state index in [2.05, 4.69) is 20.3 Å². The molecule has 0 spiro atoms. The van der Waals surface area contributed by atoms with Gasteiger partial charge in [0.25, 0.3) is 0 Å². The third-order valence-corrected chi connectivity index (χ3v) is 6.98. The van der Waals surface area contributed by atoms with Crippen LogP contribution in [0.3, 0.4) is 0 Å². The minimum absolute atomic E-state index is 0.0464. The predicted octanol–water partition coefficient (Wildman–Crippen LogP) is 4.91. The zero-order chi connectivity index (χ0) is 23.6. The molecule has 11 heteroatoms. The number of nitrogens with zero attached hydrogens (tertiary/aromatic N) is 4. The summed E-state index contributed by atoms with van der Waals surface area (Å²) in [5, 5.41) is 15.3. The van der Waals surface area contributed by atoms with Crippen molar-refractivity contribution < 1.29 is 18.7 Å². The van der Waals surface area contributed by atoms with Gasteiger partial charge in [0.05, 0.1) is 11.1 Å². The first kappa shape index (κ1) is 23.5.